The van der Waals surface area contributed by atoms with E-state index >= 15 is 0 Å². The van der Waals surface area contributed by atoms with Gasteiger partial charge in [0.05, 0.1) is 12.6 Å². The standard InChI is InChI=1S/C23H31N3O4/c1-15(2)13-19(17-9-6-7-11-20(17)30-14-16(3)4)25-22(28)21(27)24-18-10-8-12-26(5)23(18)29/h6-12,15-16,19H,13-14H2,1-5H3,(H,24,27)(H,25,28)/t19-/m0/s1. The van der Waals surface area contributed by atoms with Gasteiger partial charge in [-0.3, -0.25) is 14.4 Å². The molecule has 2 rings (SSSR count). The second-order valence-corrected chi connectivity index (χ2v) is 8.19. The first-order valence-corrected chi connectivity index (χ1v) is 10.2. The average molecular weight is 414 g/mol. The quantitative estimate of drug-likeness (QED) is 0.650. The van der Waals surface area contributed by atoms with Gasteiger partial charge in [0.2, 0.25) is 0 Å². The van der Waals surface area contributed by atoms with Crippen LogP contribution in [0.25, 0.3) is 0 Å². The van der Waals surface area contributed by atoms with Crippen molar-refractivity contribution in [1.82, 2.24) is 9.88 Å². The van der Waals surface area contributed by atoms with E-state index in [0.29, 0.717) is 24.7 Å². The number of aromatic nitrogens is 1. The third-order valence-corrected chi connectivity index (χ3v) is 4.46. The van der Waals surface area contributed by atoms with Crippen LogP contribution in [0.1, 0.15) is 45.7 Å². The Hall–Kier alpha value is -3.09. The summed E-state index contributed by atoms with van der Waals surface area (Å²) in [6, 6.07) is 10.2. The summed E-state index contributed by atoms with van der Waals surface area (Å²) in [5.74, 6) is -0.360. The lowest BCUT2D eigenvalue weighted by atomic mass is 9.96. The number of para-hydroxylation sites is 1. The number of ether oxygens (including phenoxy) is 1. The largest absolute Gasteiger partial charge is 0.493 e. The third kappa shape index (κ3) is 6.47. The number of aryl methyl sites for hydroxylation is 1. The monoisotopic (exact) mass is 413 g/mol. The van der Waals surface area contributed by atoms with Crippen LogP contribution in [0.2, 0.25) is 0 Å². The molecular weight excluding hydrogens is 382 g/mol. The minimum absolute atomic E-state index is 0.0567. The Balaban J connectivity index is 2.20. The highest BCUT2D eigenvalue weighted by Crippen LogP contribution is 2.30. The molecule has 2 amide bonds. The van der Waals surface area contributed by atoms with Crippen LogP contribution in [0.15, 0.2) is 47.4 Å². The number of rotatable bonds is 8. The number of carbonyl (C=O) groups excluding carboxylic acids is 2. The van der Waals surface area contributed by atoms with Crippen LogP contribution in [0.3, 0.4) is 0 Å². The number of nitrogens with one attached hydrogen (secondary N) is 2. The molecule has 0 spiro atoms. The van der Waals surface area contributed by atoms with Crippen molar-refractivity contribution in [1.29, 1.82) is 0 Å². The molecule has 1 aromatic carbocycles. The Bertz CT molecular complexity index is 934. The molecule has 0 aliphatic rings. The molecule has 0 bridgehead atoms. The highest BCUT2D eigenvalue weighted by Gasteiger charge is 2.24. The minimum atomic E-state index is -0.882. The summed E-state index contributed by atoms with van der Waals surface area (Å²) in [4.78, 5) is 37.1. The van der Waals surface area contributed by atoms with Crippen LogP contribution in [-0.2, 0) is 16.6 Å². The molecular formula is C23H31N3O4. The van der Waals surface area contributed by atoms with Gasteiger partial charge in [0, 0.05) is 18.8 Å². The number of nitrogens with zero attached hydrogens (tertiary/aromatic N) is 1. The zero-order chi connectivity index (χ0) is 22.3. The predicted octanol–water partition coefficient (Wildman–Crippen LogP) is 3.26. The van der Waals surface area contributed by atoms with Gasteiger partial charge in [0.25, 0.3) is 5.56 Å². The third-order valence-electron chi connectivity index (χ3n) is 4.46. The van der Waals surface area contributed by atoms with Crippen molar-refractivity contribution in [2.75, 3.05) is 11.9 Å². The lowest BCUT2D eigenvalue weighted by Crippen LogP contribution is -2.39. The first-order valence-electron chi connectivity index (χ1n) is 10.2. The minimum Gasteiger partial charge on any atom is -0.493 e. The second-order valence-electron chi connectivity index (χ2n) is 8.19. The lowest BCUT2D eigenvalue weighted by Gasteiger charge is -2.23. The van der Waals surface area contributed by atoms with Crippen molar-refractivity contribution in [2.45, 2.75) is 40.2 Å². The molecule has 0 saturated carbocycles. The first-order chi connectivity index (χ1) is 14.2. The van der Waals surface area contributed by atoms with Crippen LogP contribution >= 0.6 is 0 Å². The maximum absolute atomic E-state index is 12.6. The number of carbonyl (C=O) groups is 2. The van der Waals surface area contributed by atoms with E-state index in [-0.39, 0.29) is 17.2 Å². The summed E-state index contributed by atoms with van der Waals surface area (Å²) in [7, 11) is 1.57. The van der Waals surface area contributed by atoms with Crippen molar-refractivity contribution in [3.8, 4) is 5.75 Å². The molecule has 0 aliphatic carbocycles. The molecule has 1 heterocycles. The topological polar surface area (TPSA) is 89.4 Å². The van der Waals surface area contributed by atoms with Crippen LogP contribution in [0.5, 0.6) is 5.75 Å². The Morgan fingerprint density at radius 1 is 1.00 bits per heavy atom. The van der Waals surface area contributed by atoms with Crippen LogP contribution in [0, 0.1) is 11.8 Å². The number of hydrogen-bond donors (Lipinski definition) is 2. The molecule has 0 saturated heterocycles. The summed E-state index contributed by atoms with van der Waals surface area (Å²) in [6.45, 7) is 8.77. The van der Waals surface area contributed by atoms with E-state index in [4.69, 9.17) is 4.74 Å². The van der Waals surface area contributed by atoms with Crippen molar-refractivity contribution in [2.24, 2.45) is 18.9 Å². The number of anilines is 1. The second kappa shape index (κ2) is 10.6. The molecule has 0 fully saturated rings. The highest BCUT2D eigenvalue weighted by atomic mass is 16.5. The fraction of sp³-hybridized carbons (Fsp3) is 0.435. The van der Waals surface area contributed by atoms with Gasteiger partial charge in [-0.15, -0.1) is 0 Å². The SMILES string of the molecule is CC(C)COc1ccccc1[C@H](CC(C)C)NC(=O)C(=O)Nc1cccn(C)c1=O. The molecule has 7 heteroatoms. The van der Waals surface area contributed by atoms with Gasteiger partial charge >= 0.3 is 11.8 Å². The summed E-state index contributed by atoms with van der Waals surface area (Å²) >= 11 is 0. The molecule has 1 atom stereocenters. The van der Waals surface area contributed by atoms with Crippen molar-refractivity contribution >= 4 is 17.5 Å². The maximum atomic E-state index is 12.6. The van der Waals surface area contributed by atoms with Gasteiger partial charge in [-0.25, -0.2) is 0 Å². The summed E-state index contributed by atoms with van der Waals surface area (Å²) < 4.78 is 7.26. The summed E-state index contributed by atoms with van der Waals surface area (Å²) in [5.41, 5.74) is 0.495. The van der Waals surface area contributed by atoms with Gasteiger partial charge in [0.1, 0.15) is 11.4 Å². The molecule has 2 aromatic rings. The van der Waals surface area contributed by atoms with Crippen molar-refractivity contribution in [3.05, 3.63) is 58.5 Å². The maximum Gasteiger partial charge on any atom is 0.313 e. The molecule has 2 N–H and O–H groups in total. The molecule has 0 radical (unpaired) electrons. The lowest BCUT2D eigenvalue weighted by molar-refractivity contribution is -0.136. The molecule has 7 nitrogen and oxygen atoms in total. The van der Waals surface area contributed by atoms with Crippen LogP contribution in [0.4, 0.5) is 5.69 Å². The van der Waals surface area contributed by atoms with E-state index in [1.165, 1.54) is 10.6 Å². The average Bonchev–Trinajstić information content (AvgIpc) is 2.69. The Labute approximate surface area is 177 Å². The summed E-state index contributed by atoms with van der Waals surface area (Å²) in [6.07, 6.45) is 2.21. The van der Waals surface area contributed by atoms with Crippen LogP contribution < -0.4 is 20.9 Å². The summed E-state index contributed by atoms with van der Waals surface area (Å²) in [5, 5.41) is 5.21. The van der Waals surface area contributed by atoms with E-state index < -0.39 is 17.9 Å². The van der Waals surface area contributed by atoms with Crippen molar-refractivity contribution in [3.63, 3.8) is 0 Å². The first kappa shape index (κ1) is 23.2. The molecule has 0 aliphatic heterocycles. The number of pyridine rings is 1. The molecule has 0 unspecified atom stereocenters. The number of benzene rings is 1. The van der Waals surface area contributed by atoms with Gasteiger partial charge < -0.3 is 19.9 Å². The van der Waals surface area contributed by atoms with Gasteiger partial charge in [0.15, 0.2) is 0 Å². The van der Waals surface area contributed by atoms with E-state index in [1.54, 1.807) is 19.3 Å². The van der Waals surface area contributed by atoms with Crippen LogP contribution in [-0.4, -0.2) is 23.0 Å². The van der Waals surface area contributed by atoms with E-state index in [0.717, 1.165) is 5.56 Å². The fourth-order valence-corrected chi connectivity index (χ4v) is 2.99. The van der Waals surface area contributed by atoms with Crippen molar-refractivity contribution < 1.29 is 14.3 Å². The predicted molar refractivity (Wildman–Crippen MR) is 117 cm³/mol. The fourth-order valence-electron chi connectivity index (χ4n) is 2.99. The number of amides is 2. The van der Waals surface area contributed by atoms with Gasteiger partial charge in [-0.05, 0) is 36.5 Å². The molecule has 30 heavy (non-hydrogen) atoms. The Morgan fingerprint density at radius 2 is 1.70 bits per heavy atom. The van der Waals surface area contributed by atoms with E-state index in [1.807, 2.05) is 38.1 Å². The molecule has 1 aromatic heterocycles. The van der Waals surface area contributed by atoms with E-state index in [9.17, 15) is 14.4 Å². The smallest absolute Gasteiger partial charge is 0.313 e. The van der Waals surface area contributed by atoms with Gasteiger partial charge in [-0.2, -0.15) is 0 Å². The van der Waals surface area contributed by atoms with E-state index in [2.05, 4.69) is 24.5 Å². The molecule has 162 valence electrons. The zero-order valence-electron chi connectivity index (χ0n) is 18.3. The Morgan fingerprint density at radius 3 is 2.37 bits per heavy atom. The normalized spacial score (nSPS) is 12.0. The number of hydrogen-bond acceptors (Lipinski definition) is 4. The highest BCUT2D eigenvalue weighted by molar-refractivity contribution is 6.39. The van der Waals surface area contributed by atoms with Gasteiger partial charge in [-0.1, -0.05) is 45.9 Å². The zero-order valence-corrected chi connectivity index (χ0v) is 18.3. The Kier molecular flexibility index (Phi) is 8.21.